The quantitative estimate of drug-likeness (QED) is 0.169. The number of hydrogen-bond donors (Lipinski definition) is 0. The van der Waals surface area contributed by atoms with Gasteiger partial charge in [-0.1, -0.05) is 158 Å². The molecule has 280 valence electrons. The third kappa shape index (κ3) is 5.69. The third-order valence-electron chi connectivity index (χ3n) is 11.7. The summed E-state index contributed by atoms with van der Waals surface area (Å²) in [6, 6.07) is 72.2. The minimum Gasteiger partial charge on any atom is -0.456 e. The minimum atomic E-state index is 0.658. The van der Waals surface area contributed by atoms with Crippen molar-refractivity contribution in [2.75, 3.05) is 0 Å². The number of benzene rings is 9. The van der Waals surface area contributed by atoms with Crippen molar-refractivity contribution in [1.82, 2.24) is 9.97 Å². The third-order valence-corrected chi connectivity index (χ3v) is 11.7. The summed E-state index contributed by atoms with van der Waals surface area (Å²) < 4.78 is 12.8. The zero-order chi connectivity index (χ0) is 39.6. The molecule has 0 fully saturated rings. The highest BCUT2D eigenvalue weighted by atomic mass is 16.3. The van der Waals surface area contributed by atoms with Crippen LogP contribution in [0.3, 0.4) is 0 Å². The molecule has 4 nitrogen and oxygen atoms in total. The van der Waals surface area contributed by atoms with E-state index >= 15 is 0 Å². The molecular weight excluding hydrogens is 733 g/mol. The maximum atomic E-state index is 6.62. The first kappa shape index (κ1) is 34.0. The van der Waals surface area contributed by atoms with E-state index in [0.717, 1.165) is 105 Å². The summed E-state index contributed by atoms with van der Waals surface area (Å²) in [7, 11) is 0. The first-order valence-electron chi connectivity index (χ1n) is 20.2. The van der Waals surface area contributed by atoms with Crippen LogP contribution in [0.1, 0.15) is 0 Å². The predicted octanol–water partition coefficient (Wildman–Crippen LogP) is 15.4. The molecule has 0 radical (unpaired) electrons. The van der Waals surface area contributed by atoms with Gasteiger partial charge in [-0.15, -0.1) is 0 Å². The molecule has 0 bridgehead atoms. The van der Waals surface area contributed by atoms with E-state index in [2.05, 4.69) is 164 Å². The summed E-state index contributed by atoms with van der Waals surface area (Å²) in [5.41, 5.74) is 14.6. The Hall–Kier alpha value is -8.08. The lowest BCUT2D eigenvalue weighted by Crippen LogP contribution is -1.97. The number of nitrogens with zero attached hydrogens (tertiary/aromatic N) is 2. The van der Waals surface area contributed by atoms with Crippen LogP contribution < -0.4 is 0 Å². The van der Waals surface area contributed by atoms with Gasteiger partial charge in [0.1, 0.15) is 22.3 Å². The molecule has 12 aromatic rings. The zero-order valence-electron chi connectivity index (χ0n) is 32.3. The van der Waals surface area contributed by atoms with Crippen LogP contribution in [0.4, 0.5) is 0 Å². The fraction of sp³-hybridized carbons (Fsp3) is 0. The molecule has 0 atom stereocenters. The van der Waals surface area contributed by atoms with E-state index in [0.29, 0.717) is 5.82 Å². The second-order valence-corrected chi connectivity index (χ2v) is 15.3. The van der Waals surface area contributed by atoms with Crippen molar-refractivity contribution in [3.63, 3.8) is 0 Å². The average molecular weight is 767 g/mol. The van der Waals surface area contributed by atoms with Gasteiger partial charge >= 0.3 is 0 Å². The van der Waals surface area contributed by atoms with Crippen molar-refractivity contribution in [3.05, 3.63) is 206 Å². The molecule has 0 spiro atoms. The molecule has 60 heavy (non-hydrogen) atoms. The van der Waals surface area contributed by atoms with E-state index < -0.39 is 0 Å². The maximum absolute atomic E-state index is 6.62. The summed E-state index contributed by atoms with van der Waals surface area (Å²) in [5.74, 6) is 0.658. The lowest BCUT2D eigenvalue weighted by Gasteiger charge is -2.15. The molecule has 0 aliphatic carbocycles. The molecule has 3 aromatic heterocycles. The Morgan fingerprint density at radius 2 is 0.850 bits per heavy atom. The highest BCUT2D eigenvalue weighted by Crippen LogP contribution is 2.42. The van der Waals surface area contributed by atoms with E-state index in [9.17, 15) is 0 Å². The van der Waals surface area contributed by atoms with E-state index in [4.69, 9.17) is 18.8 Å². The Kier molecular flexibility index (Phi) is 7.82. The average Bonchev–Trinajstić information content (AvgIpc) is 3.90. The summed E-state index contributed by atoms with van der Waals surface area (Å²) in [4.78, 5) is 10.7. The summed E-state index contributed by atoms with van der Waals surface area (Å²) in [6.07, 6.45) is 0. The van der Waals surface area contributed by atoms with Gasteiger partial charge < -0.3 is 8.83 Å². The largest absolute Gasteiger partial charge is 0.456 e. The van der Waals surface area contributed by atoms with Gasteiger partial charge in [0, 0.05) is 43.8 Å². The van der Waals surface area contributed by atoms with Gasteiger partial charge in [0.25, 0.3) is 0 Å². The molecule has 12 rings (SSSR count). The van der Waals surface area contributed by atoms with Gasteiger partial charge in [-0.25, -0.2) is 9.97 Å². The topological polar surface area (TPSA) is 52.1 Å². The Bertz CT molecular complexity index is 3610. The Balaban J connectivity index is 1.10. The highest BCUT2D eigenvalue weighted by molar-refractivity contribution is 6.10. The van der Waals surface area contributed by atoms with E-state index in [1.165, 1.54) is 10.8 Å². The molecule has 9 aromatic carbocycles. The van der Waals surface area contributed by atoms with Gasteiger partial charge in [-0.05, 0) is 87.1 Å². The fourth-order valence-corrected chi connectivity index (χ4v) is 8.84. The first-order valence-corrected chi connectivity index (χ1v) is 20.2. The SMILES string of the molecule is c1ccc(-c2nc(-c3cc(-c4cccc5ccccc45)cc(-c4cccc5c4oc4ccccc45)c3)cc(-c3ccccc3-c3ccc4oc5ccccc5c4c3)n2)cc1. The molecule has 0 saturated heterocycles. The molecule has 0 saturated carbocycles. The lowest BCUT2D eigenvalue weighted by atomic mass is 9.91. The first-order chi connectivity index (χ1) is 29.7. The van der Waals surface area contributed by atoms with Gasteiger partial charge in [0.05, 0.1) is 11.4 Å². The molecule has 0 N–H and O–H groups in total. The second-order valence-electron chi connectivity index (χ2n) is 15.3. The number of rotatable bonds is 6. The molecular formula is C56H34N2O2. The van der Waals surface area contributed by atoms with E-state index in [1.807, 2.05) is 42.5 Å². The van der Waals surface area contributed by atoms with Crippen molar-refractivity contribution in [2.45, 2.75) is 0 Å². The van der Waals surface area contributed by atoms with Gasteiger partial charge in [-0.2, -0.15) is 0 Å². The summed E-state index contributed by atoms with van der Waals surface area (Å²) in [6.45, 7) is 0. The Morgan fingerprint density at radius 1 is 0.283 bits per heavy atom. The lowest BCUT2D eigenvalue weighted by molar-refractivity contribution is 0.669. The number of fused-ring (bicyclic) bond motifs is 7. The van der Waals surface area contributed by atoms with E-state index in [-0.39, 0.29) is 0 Å². The van der Waals surface area contributed by atoms with Crippen LogP contribution >= 0.6 is 0 Å². The molecule has 0 aliphatic heterocycles. The predicted molar refractivity (Wildman–Crippen MR) is 247 cm³/mol. The molecule has 0 amide bonds. The second kappa shape index (κ2) is 13.8. The fourth-order valence-electron chi connectivity index (χ4n) is 8.84. The van der Waals surface area contributed by atoms with Crippen LogP contribution in [0.2, 0.25) is 0 Å². The van der Waals surface area contributed by atoms with Crippen molar-refractivity contribution < 1.29 is 8.83 Å². The van der Waals surface area contributed by atoms with Crippen LogP contribution in [0.5, 0.6) is 0 Å². The smallest absolute Gasteiger partial charge is 0.160 e. The van der Waals surface area contributed by atoms with Crippen LogP contribution in [0.25, 0.3) is 122 Å². The minimum absolute atomic E-state index is 0.658. The number of furan rings is 2. The van der Waals surface area contributed by atoms with Crippen LogP contribution in [0.15, 0.2) is 215 Å². The number of aromatic nitrogens is 2. The zero-order valence-corrected chi connectivity index (χ0v) is 32.3. The van der Waals surface area contributed by atoms with Crippen LogP contribution in [0, 0.1) is 0 Å². The Morgan fingerprint density at radius 3 is 1.70 bits per heavy atom. The summed E-state index contributed by atoms with van der Waals surface area (Å²) in [5, 5.41) is 6.76. The maximum Gasteiger partial charge on any atom is 0.160 e. The van der Waals surface area contributed by atoms with Crippen molar-refractivity contribution >= 4 is 54.6 Å². The molecule has 4 heteroatoms. The monoisotopic (exact) mass is 766 g/mol. The van der Waals surface area contributed by atoms with Crippen LogP contribution in [-0.4, -0.2) is 9.97 Å². The Labute approximate surface area is 345 Å². The standard InChI is InChI=1S/C56H34N2O2/c1-2-15-36(16-3-1)56-57-50(34-51(58-56)45-20-7-6-19-42(45)37-28-29-54-49(33-37)47-22-9-10-26-52(47)59-54)40-31-38(43-23-12-17-35-14-4-5-18-41(35)43)30-39(32-40)44-24-13-25-48-46-21-8-11-27-53(46)60-55(44)48/h1-34H. The van der Waals surface area contributed by atoms with E-state index in [1.54, 1.807) is 0 Å². The normalized spacial score (nSPS) is 11.7. The van der Waals surface area contributed by atoms with Crippen LogP contribution in [-0.2, 0) is 0 Å². The molecule has 0 aliphatic rings. The van der Waals surface area contributed by atoms with Gasteiger partial charge in [-0.3, -0.25) is 0 Å². The summed E-state index contributed by atoms with van der Waals surface area (Å²) >= 11 is 0. The highest BCUT2D eigenvalue weighted by Gasteiger charge is 2.19. The van der Waals surface area contributed by atoms with Gasteiger partial charge in [0.15, 0.2) is 5.82 Å². The number of para-hydroxylation sites is 3. The van der Waals surface area contributed by atoms with Crippen molar-refractivity contribution in [2.24, 2.45) is 0 Å². The van der Waals surface area contributed by atoms with Gasteiger partial charge in [0.2, 0.25) is 0 Å². The van der Waals surface area contributed by atoms with Crippen molar-refractivity contribution in [1.29, 1.82) is 0 Å². The molecule has 0 unspecified atom stereocenters. The number of hydrogen-bond acceptors (Lipinski definition) is 4. The molecule has 3 heterocycles. The van der Waals surface area contributed by atoms with Crippen molar-refractivity contribution in [3.8, 4) is 67.3 Å².